The Morgan fingerprint density at radius 1 is 1.11 bits per heavy atom. The SMILES string of the molecule is O=C(OCC(O)[C@H](O)[C@@H](O)CO)c1ccccc1. The lowest BCUT2D eigenvalue weighted by Crippen LogP contribution is -2.42. The molecule has 0 fully saturated rings. The molecule has 0 saturated heterocycles. The zero-order valence-electron chi connectivity index (χ0n) is 9.64. The summed E-state index contributed by atoms with van der Waals surface area (Å²) in [5.74, 6) is -0.639. The van der Waals surface area contributed by atoms with Crippen molar-refractivity contribution in [1.29, 1.82) is 0 Å². The minimum Gasteiger partial charge on any atom is -0.459 e. The van der Waals surface area contributed by atoms with Crippen molar-refractivity contribution in [3.05, 3.63) is 35.9 Å². The first-order valence-electron chi connectivity index (χ1n) is 5.43. The van der Waals surface area contributed by atoms with Crippen molar-refractivity contribution in [3.63, 3.8) is 0 Å². The summed E-state index contributed by atoms with van der Waals surface area (Å²) in [6.45, 7) is -1.16. The van der Waals surface area contributed by atoms with E-state index in [0.29, 0.717) is 5.56 Å². The summed E-state index contributed by atoms with van der Waals surface area (Å²) in [6.07, 6.45) is -4.51. The van der Waals surface area contributed by atoms with Crippen LogP contribution in [-0.2, 0) is 4.74 Å². The molecular weight excluding hydrogens is 240 g/mol. The van der Waals surface area contributed by atoms with E-state index in [-0.39, 0.29) is 0 Å². The molecule has 1 aromatic rings. The molecule has 0 aromatic heterocycles. The molecule has 6 nitrogen and oxygen atoms in total. The monoisotopic (exact) mass is 256 g/mol. The molecule has 0 aliphatic rings. The van der Waals surface area contributed by atoms with Crippen molar-refractivity contribution >= 4 is 5.97 Å². The van der Waals surface area contributed by atoms with Gasteiger partial charge in [-0.05, 0) is 12.1 Å². The summed E-state index contributed by atoms with van der Waals surface area (Å²) < 4.78 is 4.76. The molecule has 0 aliphatic heterocycles. The second-order valence-electron chi connectivity index (χ2n) is 3.77. The zero-order chi connectivity index (χ0) is 13.5. The fourth-order valence-electron chi connectivity index (χ4n) is 1.28. The maximum atomic E-state index is 11.5. The molecule has 0 spiro atoms. The molecule has 18 heavy (non-hydrogen) atoms. The Labute approximate surface area is 104 Å². The Bertz CT molecular complexity index is 366. The molecular formula is C12H16O6. The number of carbonyl (C=O) groups excluding carboxylic acids is 1. The third-order valence-electron chi connectivity index (χ3n) is 2.37. The predicted octanol–water partition coefficient (Wildman–Crippen LogP) is -1.08. The average Bonchev–Trinajstić information content (AvgIpc) is 2.43. The van der Waals surface area contributed by atoms with Crippen LogP contribution in [0.5, 0.6) is 0 Å². The van der Waals surface area contributed by atoms with Gasteiger partial charge in [0, 0.05) is 0 Å². The summed E-state index contributed by atoms with van der Waals surface area (Å²) in [4.78, 5) is 11.5. The van der Waals surface area contributed by atoms with Crippen molar-refractivity contribution in [1.82, 2.24) is 0 Å². The van der Waals surface area contributed by atoms with E-state index in [0.717, 1.165) is 0 Å². The van der Waals surface area contributed by atoms with Gasteiger partial charge in [-0.3, -0.25) is 0 Å². The lowest BCUT2D eigenvalue weighted by molar-refractivity contribution is -0.0925. The first-order chi connectivity index (χ1) is 8.56. The highest BCUT2D eigenvalue weighted by molar-refractivity contribution is 5.89. The van der Waals surface area contributed by atoms with Crippen LogP contribution in [0.3, 0.4) is 0 Å². The Morgan fingerprint density at radius 2 is 1.72 bits per heavy atom. The second kappa shape index (κ2) is 7.07. The van der Waals surface area contributed by atoms with Crippen LogP contribution in [0.25, 0.3) is 0 Å². The van der Waals surface area contributed by atoms with Crippen LogP contribution in [0.4, 0.5) is 0 Å². The average molecular weight is 256 g/mol. The lowest BCUT2D eigenvalue weighted by atomic mass is 10.1. The summed E-state index contributed by atoms with van der Waals surface area (Å²) >= 11 is 0. The predicted molar refractivity (Wildman–Crippen MR) is 61.8 cm³/mol. The number of hydrogen-bond acceptors (Lipinski definition) is 6. The third kappa shape index (κ3) is 4.08. The highest BCUT2D eigenvalue weighted by Gasteiger charge is 2.25. The van der Waals surface area contributed by atoms with E-state index in [4.69, 9.17) is 14.9 Å². The van der Waals surface area contributed by atoms with Gasteiger partial charge >= 0.3 is 5.97 Å². The number of rotatable bonds is 6. The topological polar surface area (TPSA) is 107 Å². The quantitative estimate of drug-likeness (QED) is 0.482. The van der Waals surface area contributed by atoms with Crippen LogP contribution in [0.2, 0.25) is 0 Å². The Kier molecular flexibility index (Phi) is 5.73. The smallest absolute Gasteiger partial charge is 0.338 e. The molecule has 0 bridgehead atoms. The molecule has 0 amide bonds. The second-order valence-corrected chi connectivity index (χ2v) is 3.77. The van der Waals surface area contributed by atoms with E-state index in [1.807, 2.05) is 0 Å². The fraction of sp³-hybridized carbons (Fsp3) is 0.417. The van der Waals surface area contributed by atoms with Crippen molar-refractivity contribution in [2.24, 2.45) is 0 Å². The van der Waals surface area contributed by atoms with Crippen LogP contribution in [0, 0.1) is 0 Å². The number of benzene rings is 1. The van der Waals surface area contributed by atoms with E-state index in [9.17, 15) is 15.0 Å². The number of aliphatic hydroxyl groups is 4. The van der Waals surface area contributed by atoms with Crippen LogP contribution in [-0.4, -0.2) is 57.9 Å². The van der Waals surface area contributed by atoms with Gasteiger partial charge in [0.15, 0.2) is 0 Å². The Morgan fingerprint density at radius 3 is 2.28 bits per heavy atom. The lowest BCUT2D eigenvalue weighted by Gasteiger charge is -2.21. The van der Waals surface area contributed by atoms with Crippen LogP contribution in [0.15, 0.2) is 30.3 Å². The van der Waals surface area contributed by atoms with Gasteiger partial charge in [0.1, 0.15) is 24.9 Å². The standard InChI is InChI=1S/C12H16O6/c13-6-9(14)11(16)10(15)7-18-12(17)8-4-2-1-3-5-8/h1-5,9-11,13-16H,6-7H2/t9-,10?,11+/m0/s1. The molecule has 0 heterocycles. The molecule has 0 saturated carbocycles. The summed E-state index contributed by atoms with van der Waals surface area (Å²) in [7, 11) is 0. The molecule has 4 N–H and O–H groups in total. The normalized spacial score (nSPS) is 15.8. The van der Waals surface area contributed by atoms with Gasteiger partial charge in [-0.2, -0.15) is 0 Å². The van der Waals surface area contributed by atoms with Crippen LogP contribution >= 0.6 is 0 Å². The highest BCUT2D eigenvalue weighted by Crippen LogP contribution is 2.04. The zero-order valence-corrected chi connectivity index (χ0v) is 9.64. The Balaban J connectivity index is 2.43. The van der Waals surface area contributed by atoms with Crippen molar-refractivity contribution in [3.8, 4) is 0 Å². The van der Waals surface area contributed by atoms with Gasteiger partial charge in [-0.15, -0.1) is 0 Å². The van der Waals surface area contributed by atoms with Crippen molar-refractivity contribution < 1.29 is 30.0 Å². The largest absolute Gasteiger partial charge is 0.459 e. The van der Waals surface area contributed by atoms with Gasteiger partial charge in [-0.25, -0.2) is 4.79 Å². The van der Waals surface area contributed by atoms with E-state index in [1.165, 1.54) is 0 Å². The Hall–Kier alpha value is -1.47. The minimum absolute atomic E-state index is 0.321. The summed E-state index contributed by atoms with van der Waals surface area (Å²) in [5.41, 5.74) is 0.321. The van der Waals surface area contributed by atoms with Gasteiger partial charge < -0.3 is 25.2 Å². The summed E-state index contributed by atoms with van der Waals surface area (Å²) in [5, 5.41) is 36.4. The minimum atomic E-state index is -1.57. The maximum Gasteiger partial charge on any atom is 0.338 e. The molecule has 0 aliphatic carbocycles. The fourth-order valence-corrected chi connectivity index (χ4v) is 1.28. The van der Waals surface area contributed by atoms with E-state index < -0.39 is 37.5 Å². The van der Waals surface area contributed by atoms with Gasteiger partial charge in [0.05, 0.1) is 12.2 Å². The molecule has 1 aromatic carbocycles. The molecule has 6 heteroatoms. The number of hydrogen-bond donors (Lipinski definition) is 4. The number of ether oxygens (including phenoxy) is 1. The first kappa shape index (κ1) is 14.6. The van der Waals surface area contributed by atoms with Crippen molar-refractivity contribution in [2.45, 2.75) is 18.3 Å². The molecule has 0 radical (unpaired) electrons. The number of carbonyl (C=O) groups is 1. The van der Waals surface area contributed by atoms with E-state index >= 15 is 0 Å². The van der Waals surface area contributed by atoms with Crippen LogP contribution < -0.4 is 0 Å². The van der Waals surface area contributed by atoms with E-state index in [2.05, 4.69) is 0 Å². The van der Waals surface area contributed by atoms with E-state index in [1.54, 1.807) is 30.3 Å². The van der Waals surface area contributed by atoms with Gasteiger partial charge in [-0.1, -0.05) is 18.2 Å². The molecule has 3 atom stereocenters. The highest BCUT2D eigenvalue weighted by atomic mass is 16.5. The first-order valence-corrected chi connectivity index (χ1v) is 5.43. The number of aliphatic hydroxyl groups excluding tert-OH is 4. The number of esters is 1. The van der Waals surface area contributed by atoms with Crippen molar-refractivity contribution in [2.75, 3.05) is 13.2 Å². The molecule has 100 valence electrons. The van der Waals surface area contributed by atoms with Gasteiger partial charge in [0.25, 0.3) is 0 Å². The molecule has 1 rings (SSSR count). The van der Waals surface area contributed by atoms with Gasteiger partial charge in [0.2, 0.25) is 0 Å². The maximum absolute atomic E-state index is 11.5. The summed E-state index contributed by atoms with van der Waals surface area (Å²) in [6, 6.07) is 8.17. The molecule has 1 unspecified atom stereocenters. The third-order valence-corrected chi connectivity index (χ3v) is 2.37. The van der Waals surface area contributed by atoms with Crippen LogP contribution in [0.1, 0.15) is 10.4 Å².